The Morgan fingerprint density at radius 1 is 1.09 bits per heavy atom. The molecule has 1 unspecified atom stereocenters. The molecule has 194 valence electrons. The van der Waals surface area contributed by atoms with Crippen LogP contribution in [0.4, 0.5) is 0 Å². The van der Waals surface area contributed by atoms with Crippen molar-refractivity contribution in [2.24, 2.45) is 34.3 Å². The van der Waals surface area contributed by atoms with Gasteiger partial charge in [-0.25, -0.2) is 4.79 Å². The van der Waals surface area contributed by atoms with Crippen LogP contribution >= 0.6 is 0 Å². The smallest absolute Gasteiger partial charge is 0.335 e. The normalized spacial score (nSPS) is 48.1. The van der Waals surface area contributed by atoms with Crippen molar-refractivity contribution in [1.82, 2.24) is 4.90 Å². The summed E-state index contributed by atoms with van der Waals surface area (Å²) in [6.07, 6.45) is 11.9. The number of aliphatic hydroxyl groups is 1. The molecule has 5 fully saturated rings. The molecule has 1 saturated heterocycles. The van der Waals surface area contributed by atoms with Crippen LogP contribution in [0.15, 0.2) is 27.6 Å². The summed E-state index contributed by atoms with van der Waals surface area (Å²) >= 11 is 0. The van der Waals surface area contributed by atoms with Gasteiger partial charge in [0.2, 0.25) is 0 Å². The van der Waals surface area contributed by atoms with E-state index >= 15 is 0 Å². The Balaban J connectivity index is 1.23. The van der Waals surface area contributed by atoms with Gasteiger partial charge < -0.3 is 20.0 Å². The molecular formula is C29H44N2O4. The van der Waals surface area contributed by atoms with Crippen molar-refractivity contribution in [2.75, 3.05) is 26.3 Å². The van der Waals surface area contributed by atoms with Gasteiger partial charge in [0.05, 0.1) is 25.1 Å². The van der Waals surface area contributed by atoms with E-state index in [0.717, 1.165) is 56.9 Å². The maximum atomic E-state index is 12.5. The lowest BCUT2D eigenvalue weighted by molar-refractivity contribution is -0.205. The van der Waals surface area contributed by atoms with Gasteiger partial charge in [-0.3, -0.25) is 4.90 Å². The van der Waals surface area contributed by atoms with Crippen molar-refractivity contribution in [3.05, 3.63) is 34.4 Å². The zero-order valence-corrected chi connectivity index (χ0v) is 21.6. The van der Waals surface area contributed by atoms with Crippen LogP contribution in [0.3, 0.4) is 0 Å². The van der Waals surface area contributed by atoms with E-state index in [4.69, 9.17) is 14.9 Å². The molecule has 0 aromatic carbocycles. The topological polar surface area (TPSA) is 88.9 Å². The van der Waals surface area contributed by atoms with Crippen LogP contribution < -0.4 is 11.4 Å². The van der Waals surface area contributed by atoms with Crippen molar-refractivity contribution < 1.29 is 14.3 Å². The van der Waals surface area contributed by atoms with Crippen molar-refractivity contribution in [1.29, 1.82) is 0 Å². The summed E-state index contributed by atoms with van der Waals surface area (Å²) in [6, 6.07) is 4.46. The van der Waals surface area contributed by atoms with Crippen molar-refractivity contribution >= 4 is 0 Å². The summed E-state index contributed by atoms with van der Waals surface area (Å²) in [5.41, 5.74) is 6.43. The molecule has 1 aliphatic heterocycles. The minimum atomic E-state index is -0.629. The second-order valence-electron chi connectivity index (χ2n) is 13.0. The van der Waals surface area contributed by atoms with Gasteiger partial charge in [-0.2, -0.15) is 0 Å². The van der Waals surface area contributed by atoms with Gasteiger partial charge in [0.1, 0.15) is 0 Å². The fourth-order valence-corrected chi connectivity index (χ4v) is 9.96. The summed E-state index contributed by atoms with van der Waals surface area (Å²) in [5, 5.41) is 12.5. The highest BCUT2D eigenvalue weighted by molar-refractivity contribution is 5.27. The van der Waals surface area contributed by atoms with Crippen molar-refractivity contribution in [2.45, 2.75) is 95.2 Å². The molecule has 9 atom stereocenters. The SMILES string of the molecule is C[C@]12CC[C@H](N3CCOCC3CN)C[C@H]1CC[C@@H]1[C@@H]2CC[C@]2(C)[C@@H](c3ccc(=O)oc3)CC[C@]12O. The Labute approximate surface area is 209 Å². The molecule has 2 heterocycles. The molecule has 4 saturated carbocycles. The highest BCUT2D eigenvalue weighted by atomic mass is 16.5. The van der Waals surface area contributed by atoms with E-state index in [1.807, 2.05) is 6.07 Å². The zero-order chi connectivity index (χ0) is 24.4. The van der Waals surface area contributed by atoms with Gasteiger partial charge in [0, 0.05) is 36.7 Å². The molecule has 1 aromatic heterocycles. The first-order valence-corrected chi connectivity index (χ1v) is 14.1. The average Bonchev–Trinajstić information content (AvgIpc) is 3.15. The van der Waals surface area contributed by atoms with Gasteiger partial charge in [-0.1, -0.05) is 13.8 Å². The number of nitrogens with two attached hydrogens (primary N) is 1. The van der Waals surface area contributed by atoms with E-state index in [-0.39, 0.29) is 17.0 Å². The molecule has 6 nitrogen and oxygen atoms in total. The largest absolute Gasteiger partial charge is 0.431 e. The molecular weight excluding hydrogens is 440 g/mol. The van der Waals surface area contributed by atoms with Crippen LogP contribution in [-0.4, -0.2) is 54.0 Å². The number of hydrogen-bond donors (Lipinski definition) is 2. The first-order valence-electron chi connectivity index (χ1n) is 14.1. The second kappa shape index (κ2) is 8.68. The minimum Gasteiger partial charge on any atom is -0.431 e. The van der Waals surface area contributed by atoms with Crippen LogP contribution in [0.1, 0.15) is 83.1 Å². The number of morpholine rings is 1. The van der Waals surface area contributed by atoms with Gasteiger partial charge in [-0.05, 0) is 98.5 Å². The summed E-state index contributed by atoms with van der Waals surface area (Å²) in [5.74, 6) is 1.97. The summed E-state index contributed by atoms with van der Waals surface area (Å²) in [4.78, 5) is 14.2. The molecule has 0 amide bonds. The number of nitrogens with zero attached hydrogens (tertiary/aromatic N) is 1. The quantitative estimate of drug-likeness (QED) is 0.676. The Bertz CT molecular complexity index is 977. The van der Waals surface area contributed by atoms with Crippen LogP contribution in [0.25, 0.3) is 0 Å². The molecule has 4 aliphatic carbocycles. The van der Waals surface area contributed by atoms with E-state index in [1.165, 1.54) is 38.2 Å². The summed E-state index contributed by atoms with van der Waals surface area (Å²) in [7, 11) is 0. The lowest BCUT2D eigenvalue weighted by Gasteiger charge is -2.64. The van der Waals surface area contributed by atoms with Crippen molar-refractivity contribution in [3.63, 3.8) is 0 Å². The fourth-order valence-electron chi connectivity index (χ4n) is 9.96. The van der Waals surface area contributed by atoms with Crippen LogP contribution in [0, 0.1) is 28.6 Å². The summed E-state index contributed by atoms with van der Waals surface area (Å²) in [6.45, 7) is 8.19. The average molecular weight is 485 g/mol. The lowest BCUT2D eigenvalue weighted by atomic mass is 9.43. The Morgan fingerprint density at radius 2 is 1.94 bits per heavy atom. The third-order valence-electron chi connectivity index (χ3n) is 12.0. The van der Waals surface area contributed by atoms with E-state index in [9.17, 15) is 9.90 Å². The lowest BCUT2D eigenvalue weighted by Crippen LogP contribution is -2.63. The third-order valence-corrected chi connectivity index (χ3v) is 12.0. The zero-order valence-electron chi connectivity index (χ0n) is 21.6. The van der Waals surface area contributed by atoms with Crippen LogP contribution in [0.2, 0.25) is 0 Å². The Kier molecular flexibility index (Phi) is 5.99. The van der Waals surface area contributed by atoms with Crippen molar-refractivity contribution in [3.8, 4) is 0 Å². The maximum Gasteiger partial charge on any atom is 0.335 e. The third kappa shape index (κ3) is 3.53. The first-order chi connectivity index (χ1) is 16.8. The highest BCUT2D eigenvalue weighted by Gasteiger charge is 2.67. The van der Waals surface area contributed by atoms with E-state index in [1.54, 1.807) is 6.26 Å². The molecule has 0 radical (unpaired) electrons. The Hall–Kier alpha value is -1.21. The second-order valence-corrected chi connectivity index (χ2v) is 13.0. The highest BCUT2D eigenvalue weighted by Crippen LogP contribution is 2.70. The summed E-state index contributed by atoms with van der Waals surface area (Å²) < 4.78 is 11.0. The first kappa shape index (κ1) is 24.1. The minimum absolute atomic E-state index is 0.156. The van der Waals surface area contributed by atoms with Gasteiger partial charge in [0.15, 0.2) is 0 Å². The Morgan fingerprint density at radius 3 is 2.71 bits per heavy atom. The molecule has 6 rings (SSSR count). The molecule has 5 aliphatic rings. The van der Waals surface area contributed by atoms with Crippen LogP contribution in [-0.2, 0) is 4.74 Å². The van der Waals surface area contributed by atoms with E-state index in [0.29, 0.717) is 35.9 Å². The number of fused-ring (bicyclic) bond motifs is 5. The van der Waals surface area contributed by atoms with Gasteiger partial charge in [-0.15, -0.1) is 0 Å². The fraction of sp³-hybridized carbons (Fsp3) is 0.828. The van der Waals surface area contributed by atoms with E-state index < -0.39 is 5.60 Å². The number of hydrogen-bond acceptors (Lipinski definition) is 6. The molecule has 0 spiro atoms. The predicted octanol–water partition coefficient (Wildman–Crippen LogP) is 3.91. The molecule has 35 heavy (non-hydrogen) atoms. The van der Waals surface area contributed by atoms with E-state index in [2.05, 4.69) is 18.7 Å². The standard InChI is InChI=1S/C29H44N2O4/c1-27-10-7-21(31-13-14-34-18-22(31)16-30)15-20(27)4-5-25-24(27)8-11-28(2)23(9-12-29(25,28)33)19-3-6-26(32)35-17-19/h3,6,17,20-25,33H,4-5,7-16,18,30H2,1-2H3/t20-,21+,22?,23-,24+,25-,27+,28-,29+/m1/s1. The van der Waals surface area contributed by atoms with Gasteiger partial charge >= 0.3 is 5.63 Å². The molecule has 1 aromatic rings. The number of rotatable bonds is 3. The monoisotopic (exact) mass is 484 g/mol. The molecule has 6 heteroatoms. The molecule has 0 bridgehead atoms. The van der Waals surface area contributed by atoms with Gasteiger partial charge in [0.25, 0.3) is 0 Å². The number of ether oxygens (including phenoxy) is 1. The van der Waals surface area contributed by atoms with Crippen LogP contribution in [0.5, 0.6) is 0 Å². The molecule has 3 N–H and O–H groups in total. The maximum absolute atomic E-state index is 12.5. The predicted molar refractivity (Wildman–Crippen MR) is 135 cm³/mol.